The summed E-state index contributed by atoms with van der Waals surface area (Å²) in [5, 5.41) is 12.8. The van der Waals surface area contributed by atoms with Gasteiger partial charge in [-0.05, 0) is 40.7 Å². The van der Waals surface area contributed by atoms with Crippen LogP contribution >= 0.6 is 11.8 Å². The van der Waals surface area contributed by atoms with Gasteiger partial charge in [-0.25, -0.2) is 4.98 Å². The molecule has 0 unspecified atom stereocenters. The highest BCUT2D eigenvalue weighted by molar-refractivity contribution is 8.00. The average Bonchev–Trinajstić information content (AvgIpc) is 2.64. The number of piperazine rings is 1. The number of hydrogen-bond donors (Lipinski definition) is 1. The van der Waals surface area contributed by atoms with Gasteiger partial charge in [-0.15, -0.1) is 0 Å². The van der Waals surface area contributed by atoms with Crippen LogP contribution in [0, 0.1) is 18.3 Å². The largest absolute Gasteiger partial charge is 0.350 e. The lowest BCUT2D eigenvalue weighted by Crippen LogP contribution is -2.53. The normalized spacial score (nSPS) is 14.9. The Balaban J connectivity index is 1.87. The SMILES string of the molecule is CC(=O)c1cc(C#N)c(SCC(=O)N2CCN(CC(=O)NC(C)(C)C)CC2)nc1C. The summed E-state index contributed by atoms with van der Waals surface area (Å²) in [6, 6.07) is 3.60. The van der Waals surface area contributed by atoms with E-state index in [9.17, 15) is 19.6 Å². The summed E-state index contributed by atoms with van der Waals surface area (Å²) in [4.78, 5) is 44.5. The number of ketones is 1. The molecule has 9 heteroatoms. The van der Waals surface area contributed by atoms with Crippen LogP contribution in [0.4, 0.5) is 0 Å². The molecule has 1 N–H and O–H groups in total. The zero-order valence-corrected chi connectivity index (χ0v) is 19.1. The van der Waals surface area contributed by atoms with Gasteiger partial charge in [0.1, 0.15) is 11.1 Å². The maximum Gasteiger partial charge on any atom is 0.234 e. The molecule has 162 valence electrons. The van der Waals surface area contributed by atoms with Crippen LogP contribution in [0.2, 0.25) is 0 Å². The predicted molar refractivity (Wildman–Crippen MR) is 115 cm³/mol. The van der Waals surface area contributed by atoms with E-state index in [-0.39, 0.29) is 28.9 Å². The Morgan fingerprint density at radius 3 is 2.40 bits per heavy atom. The molecule has 0 bridgehead atoms. The highest BCUT2D eigenvalue weighted by Gasteiger charge is 2.24. The molecular weight excluding hydrogens is 402 g/mol. The van der Waals surface area contributed by atoms with E-state index in [4.69, 9.17) is 0 Å². The summed E-state index contributed by atoms with van der Waals surface area (Å²) in [6.45, 7) is 11.7. The lowest BCUT2D eigenvalue weighted by Gasteiger charge is -2.34. The van der Waals surface area contributed by atoms with Crippen LogP contribution in [0.3, 0.4) is 0 Å². The fourth-order valence-electron chi connectivity index (χ4n) is 3.17. The van der Waals surface area contributed by atoms with Gasteiger partial charge in [0.15, 0.2) is 5.78 Å². The second-order valence-electron chi connectivity index (χ2n) is 8.39. The second-order valence-corrected chi connectivity index (χ2v) is 9.35. The van der Waals surface area contributed by atoms with E-state index in [0.717, 1.165) is 0 Å². The fourth-order valence-corrected chi connectivity index (χ4v) is 4.07. The molecule has 2 heterocycles. The Labute approximate surface area is 182 Å². The van der Waals surface area contributed by atoms with Gasteiger partial charge < -0.3 is 10.2 Å². The lowest BCUT2D eigenvalue weighted by atomic mass is 10.1. The molecule has 1 saturated heterocycles. The molecule has 0 atom stereocenters. The van der Waals surface area contributed by atoms with E-state index in [2.05, 4.69) is 16.4 Å². The quantitative estimate of drug-likeness (QED) is 0.539. The van der Waals surface area contributed by atoms with Crippen molar-refractivity contribution in [2.45, 2.75) is 45.2 Å². The van der Waals surface area contributed by atoms with Crippen molar-refractivity contribution in [3.63, 3.8) is 0 Å². The second kappa shape index (κ2) is 10.0. The van der Waals surface area contributed by atoms with Gasteiger partial charge in [0.25, 0.3) is 0 Å². The smallest absolute Gasteiger partial charge is 0.234 e. The first-order chi connectivity index (χ1) is 14.0. The first kappa shape index (κ1) is 23.8. The molecule has 1 aliphatic rings. The number of aryl methyl sites for hydroxylation is 1. The van der Waals surface area contributed by atoms with E-state index in [1.807, 2.05) is 25.7 Å². The molecule has 8 nitrogen and oxygen atoms in total. The predicted octanol–water partition coefficient (Wildman–Crippen LogP) is 1.62. The van der Waals surface area contributed by atoms with Crippen molar-refractivity contribution in [1.29, 1.82) is 5.26 Å². The minimum Gasteiger partial charge on any atom is -0.350 e. The number of aromatic nitrogens is 1. The molecule has 2 amide bonds. The minimum absolute atomic E-state index is 0.0164. The maximum atomic E-state index is 12.6. The number of nitriles is 1. The lowest BCUT2D eigenvalue weighted by molar-refractivity contribution is -0.130. The summed E-state index contributed by atoms with van der Waals surface area (Å²) in [5.74, 6) is -0.0151. The van der Waals surface area contributed by atoms with Crippen LogP contribution in [-0.2, 0) is 9.59 Å². The van der Waals surface area contributed by atoms with Gasteiger partial charge in [0.05, 0.1) is 17.9 Å². The topological polar surface area (TPSA) is 106 Å². The zero-order chi connectivity index (χ0) is 22.5. The van der Waals surface area contributed by atoms with Crippen LogP contribution in [0.1, 0.15) is 49.3 Å². The molecule has 0 aliphatic carbocycles. The van der Waals surface area contributed by atoms with E-state index in [0.29, 0.717) is 54.6 Å². The Morgan fingerprint density at radius 2 is 1.87 bits per heavy atom. The van der Waals surface area contributed by atoms with E-state index in [1.54, 1.807) is 17.9 Å². The Kier molecular flexibility index (Phi) is 7.98. The summed E-state index contributed by atoms with van der Waals surface area (Å²) >= 11 is 1.21. The number of nitrogens with zero attached hydrogens (tertiary/aromatic N) is 4. The van der Waals surface area contributed by atoms with Gasteiger partial charge in [-0.3, -0.25) is 19.3 Å². The molecule has 0 spiro atoms. The third-order valence-electron chi connectivity index (χ3n) is 4.62. The first-order valence-electron chi connectivity index (χ1n) is 9.87. The number of Topliss-reactive ketones (excluding diaryl/α,β-unsaturated/α-hetero) is 1. The highest BCUT2D eigenvalue weighted by atomic mass is 32.2. The Bertz CT molecular complexity index is 865. The van der Waals surface area contributed by atoms with Gasteiger partial charge in [-0.2, -0.15) is 5.26 Å². The van der Waals surface area contributed by atoms with Crippen LogP contribution < -0.4 is 5.32 Å². The van der Waals surface area contributed by atoms with Crippen LogP contribution in [0.15, 0.2) is 11.1 Å². The maximum absolute atomic E-state index is 12.6. The van der Waals surface area contributed by atoms with Crippen LogP contribution in [-0.4, -0.2) is 76.4 Å². The molecule has 1 aromatic heterocycles. The third kappa shape index (κ3) is 6.82. The van der Waals surface area contributed by atoms with Crippen molar-refractivity contribution in [3.8, 4) is 6.07 Å². The standard InChI is InChI=1S/C21H29N5O3S/c1-14-17(15(2)27)10-16(11-22)20(23-14)30-13-19(29)26-8-6-25(7-9-26)12-18(28)24-21(3,4)5/h10H,6-9,12-13H2,1-5H3,(H,24,28). The van der Waals surface area contributed by atoms with E-state index >= 15 is 0 Å². The molecule has 1 fully saturated rings. The molecular formula is C21H29N5O3S. The zero-order valence-electron chi connectivity index (χ0n) is 18.2. The number of hydrogen-bond acceptors (Lipinski definition) is 7. The fraction of sp³-hybridized carbons (Fsp3) is 0.571. The Hall–Kier alpha value is -2.44. The molecule has 1 aliphatic heterocycles. The summed E-state index contributed by atoms with van der Waals surface area (Å²) in [7, 11) is 0. The average molecular weight is 432 g/mol. The number of thioether (sulfide) groups is 1. The van der Waals surface area contributed by atoms with Crippen molar-refractivity contribution in [3.05, 3.63) is 22.9 Å². The van der Waals surface area contributed by atoms with Crippen LogP contribution in [0.25, 0.3) is 0 Å². The molecule has 0 aromatic carbocycles. The van der Waals surface area contributed by atoms with Gasteiger partial charge in [0.2, 0.25) is 11.8 Å². The monoisotopic (exact) mass is 431 g/mol. The van der Waals surface area contributed by atoms with Crippen molar-refractivity contribution < 1.29 is 14.4 Å². The van der Waals surface area contributed by atoms with E-state index in [1.165, 1.54) is 18.7 Å². The van der Waals surface area contributed by atoms with Crippen LogP contribution in [0.5, 0.6) is 0 Å². The number of nitrogens with one attached hydrogen (secondary N) is 1. The number of amides is 2. The molecule has 0 saturated carbocycles. The number of carbonyl (C=O) groups is 3. The van der Waals surface area contributed by atoms with Gasteiger partial charge in [0, 0.05) is 43.0 Å². The van der Waals surface area contributed by atoms with E-state index < -0.39 is 0 Å². The van der Waals surface area contributed by atoms with Crippen molar-refractivity contribution in [2.75, 3.05) is 38.5 Å². The van der Waals surface area contributed by atoms with Gasteiger partial charge >= 0.3 is 0 Å². The number of rotatable bonds is 6. The third-order valence-corrected chi connectivity index (χ3v) is 5.59. The molecule has 0 radical (unpaired) electrons. The summed E-state index contributed by atoms with van der Waals surface area (Å²) in [5.41, 5.74) is 1.02. The summed E-state index contributed by atoms with van der Waals surface area (Å²) in [6.07, 6.45) is 0. The molecule has 2 rings (SSSR count). The minimum atomic E-state index is -0.261. The Morgan fingerprint density at radius 1 is 1.23 bits per heavy atom. The summed E-state index contributed by atoms with van der Waals surface area (Å²) < 4.78 is 0. The van der Waals surface area contributed by atoms with Crippen molar-refractivity contribution in [1.82, 2.24) is 20.1 Å². The highest BCUT2D eigenvalue weighted by Crippen LogP contribution is 2.23. The van der Waals surface area contributed by atoms with Crippen molar-refractivity contribution in [2.24, 2.45) is 0 Å². The van der Waals surface area contributed by atoms with Gasteiger partial charge in [-0.1, -0.05) is 11.8 Å². The van der Waals surface area contributed by atoms with Crippen molar-refractivity contribution >= 4 is 29.4 Å². The number of pyridine rings is 1. The number of carbonyl (C=O) groups excluding carboxylic acids is 3. The molecule has 30 heavy (non-hydrogen) atoms. The first-order valence-corrected chi connectivity index (χ1v) is 10.9. The molecule has 1 aromatic rings.